The van der Waals surface area contributed by atoms with Crippen molar-refractivity contribution in [3.8, 4) is 95.7 Å². The summed E-state index contributed by atoms with van der Waals surface area (Å²) in [6.07, 6.45) is 13.7. The molecule has 709 valence electrons. The molecule has 13 aromatic rings. The Labute approximate surface area is 836 Å². The second-order valence-electron chi connectivity index (χ2n) is 43.1. The van der Waals surface area contributed by atoms with Gasteiger partial charge in [0, 0.05) is 136 Å². The summed E-state index contributed by atoms with van der Waals surface area (Å²) in [5, 5.41) is 0. The van der Waals surface area contributed by atoms with Crippen LogP contribution in [0.4, 0.5) is 8.78 Å². The molecule has 0 bridgehead atoms. The van der Waals surface area contributed by atoms with Crippen LogP contribution in [0.15, 0.2) is 188 Å². The predicted molar refractivity (Wildman–Crippen MR) is 548 cm³/mol. The summed E-state index contributed by atoms with van der Waals surface area (Å²) in [5.74, 6) is 3.47. The van der Waals surface area contributed by atoms with Crippen molar-refractivity contribution in [2.75, 3.05) is 0 Å². The van der Waals surface area contributed by atoms with E-state index in [9.17, 15) is 8.78 Å². The van der Waals surface area contributed by atoms with Crippen LogP contribution in [-0.2, 0) is 83.0 Å². The minimum Gasteiger partial charge on any atom is -0.337 e. The van der Waals surface area contributed by atoms with Crippen molar-refractivity contribution in [1.82, 2.24) is 28.7 Å². The van der Waals surface area contributed by atoms with Crippen LogP contribution in [0.25, 0.3) is 95.7 Å². The molecule has 13 rings (SSSR count). The largest absolute Gasteiger partial charge is 0.337 e. The third-order valence-corrected chi connectivity index (χ3v) is 27.3. The first-order chi connectivity index (χ1) is 60.6. The Hall–Kier alpha value is -8.36. The Balaban J connectivity index is 0.000000245. The molecule has 3 aromatic heterocycles. The maximum absolute atomic E-state index is 15.0. The van der Waals surface area contributed by atoms with E-state index in [0.29, 0.717) is 29.5 Å². The Morgan fingerprint density at radius 3 is 1.35 bits per heavy atom. The van der Waals surface area contributed by atoms with E-state index in [1.54, 1.807) is 0 Å². The van der Waals surface area contributed by atoms with Crippen LogP contribution < -0.4 is 0 Å². The quantitative estimate of drug-likeness (QED) is 0.0508. The number of unbranched alkanes of at least 4 members (excludes halogenated alkanes) is 1. The molecule has 0 fully saturated rings. The summed E-state index contributed by atoms with van der Waals surface area (Å²) in [6.45, 7) is 75.6. The smallest absolute Gasteiger partial charge is 0.0632 e. The number of aromatic nitrogens is 6. The summed E-state index contributed by atoms with van der Waals surface area (Å²) in [4.78, 5) is 15.3. The van der Waals surface area contributed by atoms with Crippen molar-refractivity contribution in [3.05, 3.63) is 308 Å². The topological polar surface area (TPSA) is 53.5 Å². The van der Waals surface area contributed by atoms with E-state index in [2.05, 4.69) is 431 Å². The standard InChI is InChI=1S/C48H61N2.C43H51N2.C30H39F2N2.3Ir/c1-30(2)39-26-37(35-19-17-16-18-20-35)27-40(31(3)4)44(39)50-42(48(14,15)29-46(8,9)10)28-49-45(50)36-22-21-32(5)41(25-36)43-33(6)23-38(24-34(43)7)47(11,12)13;1-12-43(11,42(8,9)10)38-27-44-41(35-19-18-30(6)31(7)26-35)45(38)40-36(28(2)3)24-25-37(39(40)29(4)5)34-22-20-33(21-23-34)32-16-14-13-15-17-32;1-8-10-11-22(9-2)16-24-18-33-30(25-13-12-23(31)17-28(25)32)34(24)29-26(19(3)4)14-21(7)15-27(29)20(5)6;;;/h16-21,23-28,30-31H,29H2,1-15H3;13-18,20-29H,12H2,1-11H3;12,14-15,17-20,22H,8-11,16H2,1-7H3;;;/q3*-1;;;. The van der Waals surface area contributed by atoms with Gasteiger partial charge in [0.05, 0.1) is 17.5 Å². The Bertz CT molecular complexity index is 5960. The van der Waals surface area contributed by atoms with Gasteiger partial charge in [-0.15, -0.1) is 76.3 Å². The van der Waals surface area contributed by atoms with Gasteiger partial charge in [0.25, 0.3) is 0 Å². The predicted octanol–water partition coefficient (Wildman–Crippen LogP) is 35.0. The zero-order valence-corrected chi connectivity index (χ0v) is 93.0. The summed E-state index contributed by atoms with van der Waals surface area (Å²) in [7, 11) is 0. The Morgan fingerprint density at radius 2 is 0.879 bits per heavy atom. The van der Waals surface area contributed by atoms with E-state index >= 15 is 0 Å². The molecule has 11 heteroatoms. The summed E-state index contributed by atoms with van der Waals surface area (Å²) >= 11 is 0. The molecule has 0 amide bonds. The van der Waals surface area contributed by atoms with Gasteiger partial charge in [-0.3, -0.25) is 23.7 Å². The van der Waals surface area contributed by atoms with Crippen molar-refractivity contribution >= 4 is 0 Å². The molecule has 0 aliphatic carbocycles. The number of rotatable bonds is 26. The molecule has 6 nitrogen and oxygen atoms in total. The molecule has 0 saturated carbocycles. The number of hydrogen-bond donors (Lipinski definition) is 0. The van der Waals surface area contributed by atoms with E-state index < -0.39 is 11.6 Å². The first-order valence-corrected chi connectivity index (χ1v) is 48.1. The SMILES string of the molecule is CCC(C)(c1cnc(-c2[c-]cc(C)c(C)c2)n1-c1c(C(C)C)ccc(-c2ccc(-c3ccccc3)cc2)c1C(C)C)C(C)(C)C.CCCCC(CC)Cc1cnc(-c2[c-]cc(F)cc2F)n1-c1c(C(C)C)cc(C)cc1C(C)C.Cc1c[c-]c(-c2ncc(C(C)(C)CC(C)(C)C)n2-c2c(C(C)C)cc(-c3ccccc3)cc2C(C)C)cc1-c1c(C)cc(C(C)(C)C)cc1C.[Ir].[Ir].[Ir]. The molecule has 0 saturated heterocycles. The van der Waals surface area contributed by atoms with Gasteiger partial charge in [0.1, 0.15) is 0 Å². The Morgan fingerprint density at radius 1 is 0.409 bits per heavy atom. The second kappa shape index (κ2) is 45.1. The number of halogens is 2. The minimum absolute atomic E-state index is 0. The molecule has 0 aliphatic rings. The van der Waals surface area contributed by atoms with Crippen LogP contribution in [0.3, 0.4) is 0 Å². The van der Waals surface area contributed by atoms with E-state index in [4.69, 9.17) is 15.0 Å². The first kappa shape index (κ1) is 109. The minimum atomic E-state index is -0.638. The average Bonchev–Trinajstić information content (AvgIpc) is 1.37. The van der Waals surface area contributed by atoms with Gasteiger partial charge in [-0.25, -0.2) is 0 Å². The molecule has 3 radical (unpaired) electrons. The van der Waals surface area contributed by atoms with Gasteiger partial charge in [0.15, 0.2) is 0 Å². The van der Waals surface area contributed by atoms with E-state index in [1.807, 2.05) is 6.20 Å². The summed E-state index contributed by atoms with van der Waals surface area (Å²) in [5.41, 5.74) is 36.4. The van der Waals surface area contributed by atoms with Crippen molar-refractivity contribution in [2.45, 2.75) is 325 Å². The number of aryl methyl sites for hydroxylation is 6. The Kier molecular flexibility index (Phi) is 37.2. The van der Waals surface area contributed by atoms with Crippen molar-refractivity contribution < 1.29 is 69.1 Å². The zero-order valence-electron chi connectivity index (χ0n) is 85.8. The normalized spacial score (nSPS) is 12.7. The molecule has 0 aliphatic heterocycles. The molecular formula is C121H151F2Ir3N6-3. The monoisotopic (exact) mass is 2310 g/mol. The third-order valence-electron chi connectivity index (χ3n) is 27.3. The van der Waals surface area contributed by atoms with E-state index in [-0.39, 0.29) is 111 Å². The molecule has 2 atom stereocenters. The average molecular weight is 2300 g/mol. The van der Waals surface area contributed by atoms with Crippen molar-refractivity contribution in [1.29, 1.82) is 0 Å². The summed E-state index contributed by atoms with van der Waals surface area (Å²) in [6, 6.07) is 70.5. The number of hydrogen-bond acceptors (Lipinski definition) is 3. The van der Waals surface area contributed by atoms with Gasteiger partial charge < -0.3 is 13.7 Å². The van der Waals surface area contributed by atoms with E-state index in [1.165, 1.54) is 159 Å². The number of benzene rings is 10. The molecule has 3 heterocycles. The first-order valence-electron chi connectivity index (χ1n) is 48.1. The van der Waals surface area contributed by atoms with Crippen LogP contribution >= 0.6 is 0 Å². The molecule has 132 heavy (non-hydrogen) atoms. The van der Waals surface area contributed by atoms with E-state index in [0.717, 1.165) is 72.3 Å². The zero-order chi connectivity index (χ0) is 94.6. The van der Waals surface area contributed by atoms with Crippen LogP contribution in [0.1, 0.15) is 350 Å². The number of nitrogens with zero attached hydrogens (tertiary/aromatic N) is 6. The van der Waals surface area contributed by atoms with Crippen LogP contribution in [0.2, 0.25) is 0 Å². The molecular weight excluding hydrogens is 2150 g/mol. The van der Waals surface area contributed by atoms with Gasteiger partial charge >= 0.3 is 0 Å². The van der Waals surface area contributed by atoms with Crippen molar-refractivity contribution in [3.63, 3.8) is 0 Å². The van der Waals surface area contributed by atoms with Gasteiger partial charge in [0.2, 0.25) is 0 Å². The molecule has 10 aromatic carbocycles. The van der Waals surface area contributed by atoms with Gasteiger partial charge in [-0.1, -0.05) is 377 Å². The van der Waals surface area contributed by atoms with Gasteiger partial charge in [-0.05, 0) is 199 Å². The second-order valence-corrected chi connectivity index (χ2v) is 43.1. The molecule has 2 unspecified atom stereocenters. The molecule has 0 spiro atoms. The number of imidazole rings is 3. The third kappa shape index (κ3) is 24.2. The van der Waals surface area contributed by atoms with Crippen LogP contribution in [-0.4, -0.2) is 28.7 Å². The summed E-state index contributed by atoms with van der Waals surface area (Å²) < 4.78 is 35.9. The fourth-order valence-electron chi connectivity index (χ4n) is 19.6. The van der Waals surface area contributed by atoms with Crippen LogP contribution in [0, 0.1) is 88.1 Å². The molecule has 0 N–H and O–H groups in total. The maximum Gasteiger partial charge on any atom is 0.0632 e. The van der Waals surface area contributed by atoms with Gasteiger partial charge in [-0.2, -0.15) is 0 Å². The fourth-order valence-corrected chi connectivity index (χ4v) is 19.6. The van der Waals surface area contributed by atoms with Crippen molar-refractivity contribution in [2.24, 2.45) is 16.7 Å². The fraction of sp³-hybridized carbons (Fsp3) is 0.430. The maximum atomic E-state index is 15.0. The van der Waals surface area contributed by atoms with Crippen LogP contribution in [0.5, 0.6) is 0 Å².